The van der Waals surface area contributed by atoms with Crippen molar-refractivity contribution in [1.29, 1.82) is 0 Å². The first kappa shape index (κ1) is 20.7. The van der Waals surface area contributed by atoms with E-state index in [-0.39, 0.29) is 12.5 Å². The van der Waals surface area contributed by atoms with Gasteiger partial charge in [-0.15, -0.1) is 10.2 Å². The number of hydrogen-bond donors (Lipinski definition) is 1. The van der Waals surface area contributed by atoms with Gasteiger partial charge in [-0.05, 0) is 79.6 Å². The summed E-state index contributed by atoms with van der Waals surface area (Å²) in [7, 11) is 1.62. The maximum Gasteiger partial charge on any atom is 0.262 e. The first-order chi connectivity index (χ1) is 14.9. The van der Waals surface area contributed by atoms with Gasteiger partial charge in [0.05, 0.1) is 12.8 Å². The molecule has 8 heteroatoms. The molecular weight excluding hydrogens is 416 g/mol. The number of aromatic nitrogens is 3. The molecule has 4 rings (SSSR count). The standard InChI is InChI=1S/C23H21ClN4O3/c1-14-11-20-21(27-28(26-20)17-5-7-18(30-3)8-6-17)12-19(14)25-23(29)13-31-22-9-4-16(24)10-15(22)2/h4-12H,13H2,1-3H3,(H,25,29). The average Bonchev–Trinajstić information content (AvgIpc) is 3.16. The number of aryl methyl sites for hydroxylation is 2. The predicted molar refractivity (Wildman–Crippen MR) is 120 cm³/mol. The number of ether oxygens (including phenoxy) is 2. The van der Waals surface area contributed by atoms with Crippen molar-refractivity contribution in [2.45, 2.75) is 13.8 Å². The molecule has 0 spiro atoms. The highest BCUT2D eigenvalue weighted by Gasteiger charge is 2.12. The molecule has 0 atom stereocenters. The van der Waals surface area contributed by atoms with E-state index in [1.807, 2.05) is 50.2 Å². The minimum absolute atomic E-state index is 0.113. The molecule has 0 saturated heterocycles. The summed E-state index contributed by atoms with van der Waals surface area (Å²) in [6.07, 6.45) is 0. The zero-order chi connectivity index (χ0) is 22.0. The van der Waals surface area contributed by atoms with Crippen molar-refractivity contribution < 1.29 is 14.3 Å². The lowest BCUT2D eigenvalue weighted by Gasteiger charge is -2.11. The summed E-state index contributed by atoms with van der Waals surface area (Å²) < 4.78 is 10.8. The summed E-state index contributed by atoms with van der Waals surface area (Å²) in [5.74, 6) is 1.12. The fourth-order valence-corrected chi connectivity index (χ4v) is 3.36. The van der Waals surface area contributed by atoms with Gasteiger partial charge in [0, 0.05) is 10.7 Å². The molecular formula is C23H21ClN4O3. The van der Waals surface area contributed by atoms with Gasteiger partial charge in [-0.2, -0.15) is 4.80 Å². The van der Waals surface area contributed by atoms with E-state index in [0.717, 1.165) is 28.1 Å². The molecule has 1 N–H and O–H groups in total. The molecule has 0 bridgehead atoms. The highest BCUT2D eigenvalue weighted by molar-refractivity contribution is 6.30. The average molecular weight is 437 g/mol. The molecule has 0 fully saturated rings. The predicted octanol–water partition coefficient (Wildman–Crippen LogP) is 4.72. The van der Waals surface area contributed by atoms with Crippen molar-refractivity contribution in [2.24, 2.45) is 0 Å². The molecule has 158 valence electrons. The number of fused-ring (bicyclic) bond motifs is 1. The maximum absolute atomic E-state index is 12.4. The summed E-state index contributed by atoms with van der Waals surface area (Å²) in [6, 6.07) is 16.4. The quantitative estimate of drug-likeness (QED) is 0.473. The zero-order valence-corrected chi connectivity index (χ0v) is 18.1. The number of carbonyl (C=O) groups excluding carboxylic acids is 1. The van der Waals surface area contributed by atoms with Crippen molar-refractivity contribution >= 4 is 34.2 Å². The second kappa shape index (κ2) is 8.65. The lowest BCUT2D eigenvalue weighted by Crippen LogP contribution is -2.20. The Morgan fingerprint density at radius 3 is 2.39 bits per heavy atom. The summed E-state index contributed by atoms with van der Waals surface area (Å²) >= 11 is 5.95. The summed E-state index contributed by atoms with van der Waals surface area (Å²) in [5.41, 5.74) is 4.63. The molecule has 31 heavy (non-hydrogen) atoms. The smallest absolute Gasteiger partial charge is 0.262 e. The van der Waals surface area contributed by atoms with E-state index >= 15 is 0 Å². The molecule has 7 nitrogen and oxygen atoms in total. The number of amides is 1. The lowest BCUT2D eigenvalue weighted by atomic mass is 10.1. The van der Waals surface area contributed by atoms with Gasteiger partial charge in [0.15, 0.2) is 6.61 Å². The second-order valence-electron chi connectivity index (χ2n) is 7.09. The van der Waals surface area contributed by atoms with Crippen LogP contribution in [-0.2, 0) is 4.79 Å². The van der Waals surface area contributed by atoms with E-state index in [1.165, 1.54) is 0 Å². The first-order valence-electron chi connectivity index (χ1n) is 9.64. The van der Waals surface area contributed by atoms with Crippen LogP contribution in [0.1, 0.15) is 11.1 Å². The number of benzene rings is 3. The van der Waals surface area contributed by atoms with Gasteiger partial charge in [0.1, 0.15) is 22.5 Å². The van der Waals surface area contributed by atoms with Crippen LogP contribution in [0.5, 0.6) is 11.5 Å². The monoisotopic (exact) mass is 436 g/mol. The summed E-state index contributed by atoms with van der Waals surface area (Å²) in [5, 5.41) is 12.6. The Morgan fingerprint density at radius 2 is 1.71 bits per heavy atom. The number of nitrogens with one attached hydrogen (secondary N) is 1. The largest absolute Gasteiger partial charge is 0.497 e. The Labute approximate surface area is 184 Å². The molecule has 1 amide bonds. The van der Waals surface area contributed by atoms with Crippen LogP contribution in [0.3, 0.4) is 0 Å². The fraction of sp³-hybridized carbons (Fsp3) is 0.174. The number of halogens is 1. The Kier molecular flexibility index (Phi) is 5.77. The van der Waals surface area contributed by atoms with Gasteiger partial charge in [0.2, 0.25) is 0 Å². The number of carbonyl (C=O) groups is 1. The van der Waals surface area contributed by atoms with Crippen LogP contribution in [0.15, 0.2) is 54.6 Å². The zero-order valence-electron chi connectivity index (χ0n) is 17.3. The van der Waals surface area contributed by atoms with Crippen LogP contribution >= 0.6 is 11.6 Å². The lowest BCUT2D eigenvalue weighted by molar-refractivity contribution is -0.118. The molecule has 0 aliphatic carbocycles. The van der Waals surface area contributed by atoms with Crippen LogP contribution in [0, 0.1) is 13.8 Å². The van der Waals surface area contributed by atoms with Crippen molar-refractivity contribution in [3.05, 3.63) is 70.7 Å². The molecule has 0 aliphatic heterocycles. The Bertz CT molecular complexity index is 1250. The second-order valence-corrected chi connectivity index (χ2v) is 7.53. The van der Waals surface area contributed by atoms with E-state index in [2.05, 4.69) is 15.5 Å². The molecule has 0 aliphatic rings. The van der Waals surface area contributed by atoms with Crippen LogP contribution in [0.4, 0.5) is 5.69 Å². The molecule has 0 radical (unpaired) electrons. The van der Waals surface area contributed by atoms with Crippen LogP contribution < -0.4 is 14.8 Å². The Balaban J connectivity index is 1.49. The molecule has 0 unspecified atom stereocenters. The van der Waals surface area contributed by atoms with E-state index in [4.69, 9.17) is 21.1 Å². The number of nitrogens with zero attached hydrogens (tertiary/aromatic N) is 3. The van der Waals surface area contributed by atoms with Crippen molar-refractivity contribution in [2.75, 3.05) is 19.0 Å². The van der Waals surface area contributed by atoms with E-state index in [0.29, 0.717) is 22.0 Å². The van der Waals surface area contributed by atoms with E-state index in [9.17, 15) is 4.79 Å². The van der Waals surface area contributed by atoms with Crippen LogP contribution in [0.2, 0.25) is 5.02 Å². The maximum atomic E-state index is 12.4. The normalized spacial score (nSPS) is 10.8. The third kappa shape index (κ3) is 4.62. The highest BCUT2D eigenvalue weighted by atomic mass is 35.5. The minimum Gasteiger partial charge on any atom is -0.497 e. The number of anilines is 1. The first-order valence-corrected chi connectivity index (χ1v) is 10.0. The van der Waals surface area contributed by atoms with Crippen LogP contribution in [-0.4, -0.2) is 34.6 Å². The number of methoxy groups -OCH3 is 1. The molecule has 1 aromatic heterocycles. The summed E-state index contributed by atoms with van der Waals surface area (Å²) in [6.45, 7) is 3.67. The number of rotatable bonds is 6. The number of hydrogen-bond acceptors (Lipinski definition) is 5. The van der Waals surface area contributed by atoms with Gasteiger partial charge < -0.3 is 14.8 Å². The van der Waals surface area contributed by atoms with Gasteiger partial charge in [-0.1, -0.05) is 11.6 Å². The minimum atomic E-state index is -0.264. The molecule has 3 aromatic carbocycles. The van der Waals surface area contributed by atoms with Gasteiger partial charge in [-0.25, -0.2) is 0 Å². The fourth-order valence-electron chi connectivity index (χ4n) is 3.14. The van der Waals surface area contributed by atoms with Gasteiger partial charge in [-0.3, -0.25) is 4.79 Å². The van der Waals surface area contributed by atoms with Crippen molar-refractivity contribution in [3.63, 3.8) is 0 Å². The SMILES string of the molecule is COc1ccc(-n2nc3cc(C)c(NC(=O)COc4ccc(Cl)cc4C)cc3n2)cc1. The van der Waals surface area contributed by atoms with Crippen molar-refractivity contribution in [1.82, 2.24) is 15.0 Å². The summed E-state index contributed by atoms with van der Waals surface area (Å²) in [4.78, 5) is 14.0. The topological polar surface area (TPSA) is 78.3 Å². The Morgan fingerprint density at radius 1 is 1.00 bits per heavy atom. The third-order valence-corrected chi connectivity index (χ3v) is 5.03. The van der Waals surface area contributed by atoms with Gasteiger partial charge in [0.25, 0.3) is 5.91 Å². The molecule has 1 heterocycles. The Hall–Kier alpha value is -3.58. The van der Waals surface area contributed by atoms with Crippen molar-refractivity contribution in [3.8, 4) is 17.2 Å². The molecule has 0 saturated carbocycles. The van der Waals surface area contributed by atoms with E-state index in [1.54, 1.807) is 30.1 Å². The van der Waals surface area contributed by atoms with E-state index < -0.39 is 0 Å². The van der Waals surface area contributed by atoms with Gasteiger partial charge >= 0.3 is 0 Å². The highest BCUT2D eigenvalue weighted by Crippen LogP contribution is 2.24. The third-order valence-electron chi connectivity index (χ3n) is 4.80. The molecule has 4 aromatic rings. The van der Waals surface area contributed by atoms with Crippen LogP contribution in [0.25, 0.3) is 16.7 Å².